The molecule has 1 aliphatic heterocycles. The number of ether oxygens (including phenoxy) is 2. The van der Waals surface area contributed by atoms with Gasteiger partial charge in [0, 0.05) is 19.4 Å². The zero-order chi connectivity index (χ0) is 18.9. The Morgan fingerprint density at radius 1 is 1.27 bits per heavy atom. The second-order valence-electron chi connectivity index (χ2n) is 6.55. The Morgan fingerprint density at radius 2 is 2.08 bits per heavy atom. The van der Waals surface area contributed by atoms with Crippen LogP contribution in [0.2, 0.25) is 0 Å². The van der Waals surface area contributed by atoms with Crippen LogP contribution in [0.25, 0.3) is 0 Å². The Balaban J connectivity index is 1.99. The Labute approximate surface area is 155 Å². The molecular formula is C19H30N3O4+. The molecule has 26 heavy (non-hydrogen) atoms. The smallest absolute Gasteiger partial charge is 0.321 e. The number of nitrogens with one attached hydrogen (secondary N) is 3. The van der Waals surface area contributed by atoms with Gasteiger partial charge in [-0.2, -0.15) is 0 Å². The number of amides is 3. The SMILES string of the molecule is CCCCNC(=O)NC(=O)C[NH+]1CCC[C@@H]1c1cc(OC)ccc1OC. The molecule has 1 heterocycles. The predicted molar refractivity (Wildman–Crippen MR) is 98.7 cm³/mol. The van der Waals surface area contributed by atoms with E-state index in [2.05, 4.69) is 17.6 Å². The standard InChI is InChI=1S/C19H29N3O4/c1-4-5-10-20-19(24)21-18(23)13-22-11-6-7-16(22)15-12-14(25-2)8-9-17(15)26-3/h8-9,12,16H,4-7,10-11,13H2,1-3H3,(H2,20,21,23,24)/p+1/t16-/m1/s1. The van der Waals surface area contributed by atoms with Gasteiger partial charge in [0.1, 0.15) is 17.5 Å². The number of unbranched alkanes of at least 4 members (excludes halogenated alkanes) is 1. The average Bonchev–Trinajstić information content (AvgIpc) is 3.09. The van der Waals surface area contributed by atoms with Crippen molar-refractivity contribution in [3.63, 3.8) is 0 Å². The highest BCUT2D eigenvalue weighted by Gasteiger charge is 2.34. The van der Waals surface area contributed by atoms with Gasteiger partial charge < -0.3 is 19.7 Å². The number of methoxy groups -OCH3 is 2. The van der Waals surface area contributed by atoms with Crippen molar-refractivity contribution in [2.24, 2.45) is 0 Å². The van der Waals surface area contributed by atoms with Crippen LogP contribution >= 0.6 is 0 Å². The lowest BCUT2D eigenvalue weighted by Gasteiger charge is -2.23. The van der Waals surface area contributed by atoms with Crippen LogP contribution in [-0.2, 0) is 4.79 Å². The molecule has 1 aliphatic rings. The first-order valence-electron chi connectivity index (χ1n) is 9.23. The lowest BCUT2D eigenvalue weighted by molar-refractivity contribution is -0.910. The minimum atomic E-state index is -0.419. The van der Waals surface area contributed by atoms with Crippen molar-refractivity contribution in [3.8, 4) is 11.5 Å². The van der Waals surface area contributed by atoms with Crippen LogP contribution in [0.4, 0.5) is 4.79 Å². The minimum Gasteiger partial charge on any atom is -0.497 e. The van der Waals surface area contributed by atoms with Gasteiger partial charge >= 0.3 is 6.03 Å². The highest BCUT2D eigenvalue weighted by Crippen LogP contribution is 2.31. The van der Waals surface area contributed by atoms with Crippen molar-refractivity contribution in [2.45, 2.75) is 38.6 Å². The number of likely N-dealkylation sites (tertiary alicyclic amines) is 1. The Morgan fingerprint density at radius 3 is 2.77 bits per heavy atom. The number of quaternary nitrogens is 1. The largest absolute Gasteiger partial charge is 0.497 e. The first-order chi connectivity index (χ1) is 12.6. The summed E-state index contributed by atoms with van der Waals surface area (Å²) in [6.07, 6.45) is 3.89. The second-order valence-corrected chi connectivity index (χ2v) is 6.55. The Hall–Kier alpha value is -2.28. The normalized spacial score (nSPS) is 19.0. The van der Waals surface area contributed by atoms with E-state index in [0.717, 1.165) is 54.2 Å². The number of benzene rings is 1. The lowest BCUT2D eigenvalue weighted by atomic mass is 10.0. The molecule has 1 unspecified atom stereocenters. The van der Waals surface area contributed by atoms with Gasteiger partial charge in [0.25, 0.3) is 5.91 Å². The quantitative estimate of drug-likeness (QED) is 0.603. The van der Waals surface area contributed by atoms with Gasteiger partial charge in [0.05, 0.1) is 26.3 Å². The summed E-state index contributed by atoms with van der Waals surface area (Å²) in [6.45, 7) is 3.77. The molecule has 0 bridgehead atoms. The van der Waals surface area contributed by atoms with Crippen LogP contribution in [0.3, 0.4) is 0 Å². The minimum absolute atomic E-state index is 0.147. The first-order valence-corrected chi connectivity index (χ1v) is 9.23. The molecule has 2 atom stereocenters. The fraction of sp³-hybridized carbons (Fsp3) is 0.579. The van der Waals surface area contributed by atoms with E-state index in [9.17, 15) is 9.59 Å². The van der Waals surface area contributed by atoms with Gasteiger partial charge in [-0.3, -0.25) is 10.1 Å². The fourth-order valence-electron chi connectivity index (χ4n) is 3.41. The van der Waals surface area contributed by atoms with Gasteiger partial charge in [0.15, 0.2) is 6.54 Å². The van der Waals surface area contributed by atoms with E-state index in [1.165, 1.54) is 0 Å². The molecule has 3 N–H and O–H groups in total. The fourth-order valence-corrected chi connectivity index (χ4v) is 3.41. The van der Waals surface area contributed by atoms with E-state index in [4.69, 9.17) is 9.47 Å². The van der Waals surface area contributed by atoms with Gasteiger partial charge in [-0.05, 0) is 24.6 Å². The summed E-state index contributed by atoms with van der Waals surface area (Å²) in [5, 5.41) is 5.12. The van der Waals surface area contributed by atoms with E-state index in [1.54, 1.807) is 14.2 Å². The summed E-state index contributed by atoms with van der Waals surface area (Å²) >= 11 is 0. The topological polar surface area (TPSA) is 81.1 Å². The number of imide groups is 1. The average molecular weight is 364 g/mol. The molecule has 1 fully saturated rings. The zero-order valence-electron chi connectivity index (χ0n) is 15.9. The third kappa shape index (κ3) is 5.36. The molecule has 7 nitrogen and oxygen atoms in total. The van der Waals surface area contributed by atoms with Crippen molar-refractivity contribution in [3.05, 3.63) is 23.8 Å². The van der Waals surface area contributed by atoms with E-state index in [0.29, 0.717) is 6.54 Å². The number of rotatable bonds is 8. The van der Waals surface area contributed by atoms with Crippen molar-refractivity contribution in [2.75, 3.05) is 33.9 Å². The number of carbonyl (C=O) groups is 2. The molecule has 2 rings (SSSR count). The van der Waals surface area contributed by atoms with Gasteiger partial charge in [-0.1, -0.05) is 13.3 Å². The summed E-state index contributed by atoms with van der Waals surface area (Å²) in [7, 11) is 3.28. The molecule has 0 spiro atoms. The Bertz CT molecular complexity index is 621. The van der Waals surface area contributed by atoms with Crippen molar-refractivity contribution < 1.29 is 24.0 Å². The third-order valence-electron chi connectivity index (χ3n) is 4.75. The molecule has 0 aliphatic carbocycles. The summed E-state index contributed by atoms with van der Waals surface area (Å²) in [5.74, 6) is 1.31. The van der Waals surface area contributed by atoms with Crippen LogP contribution in [0.15, 0.2) is 18.2 Å². The van der Waals surface area contributed by atoms with Crippen molar-refractivity contribution in [1.82, 2.24) is 10.6 Å². The maximum absolute atomic E-state index is 12.2. The molecule has 0 saturated carbocycles. The molecule has 1 aromatic carbocycles. The maximum atomic E-state index is 12.2. The van der Waals surface area contributed by atoms with Gasteiger partial charge in [-0.25, -0.2) is 4.79 Å². The van der Waals surface area contributed by atoms with E-state index >= 15 is 0 Å². The third-order valence-corrected chi connectivity index (χ3v) is 4.75. The molecule has 1 aromatic rings. The van der Waals surface area contributed by atoms with E-state index < -0.39 is 6.03 Å². The predicted octanol–water partition coefficient (Wildman–Crippen LogP) is 1.05. The number of urea groups is 1. The molecule has 1 saturated heterocycles. The van der Waals surface area contributed by atoms with Crippen LogP contribution in [0, 0.1) is 0 Å². The monoisotopic (exact) mass is 364 g/mol. The van der Waals surface area contributed by atoms with Crippen molar-refractivity contribution in [1.29, 1.82) is 0 Å². The van der Waals surface area contributed by atoms with Crippen molar-refractivity contribution >= 4 is 11.9 Å². The zero-order valence-corrected chi connectivity index (χ0v) is 15.9. The van der Waals surface area contributed by atoms with Crippen LogP contribution < -0.4 is 25.0 Å². The van der Waals surface area contributed by atoms with E-state index in [-0.39, 0.29) is 18.5 Å². The highest BCUT2D eigenvalue weighted by molar-refractivity contribution is 5.94. The molecule has 3 amide bonds. The lowest BCUT2D eigenvalue weighted by Crippen LogP contribution is -3.11. The molecule has 0 aromatic heterocycles. The van der Waals surface area contributed by atoms with Gasteiger partial charge in [0.2, 0.25) is 0 Å². The molecule has 144 valence electrons. The van der Waals surface area contributed by atoms with Gasteiger partial charge in [-0.15, -0.1) is 0 Å². The maximum Gasteiger partial charge on any atom is 0.321 e. The number of hydrogen-bond acceptors (Lipinski definition) is 4. The van der Waals surface area contributed by atoms with Crippen LogP contribution in [0.1, 0.15) is 44.2 Å². The van der Waals surface area contributed by atoms with Crippen LogP contribution in [0.5, 0.6) is 11.5 Å². The molecule has 0 radical (unpaired) electrons. The molecule has 7 heteroatoms. The first kappa shape index (κ1) is 20.0. The van der Waals surface area contributed by atoms with E-state index in [1.807, 2.05) is 18.2 Å². The highest BCUT2D eigenvalue weighted by atomic mass is 16.5. The number of hydrogen-bond donors (Lipinski definition) is 3. The Kier molecular flexibility index (Phi) is 7.72. The molecular weight excluding hydrogens is 334 g/mol. The number of carbonyl (C=O) groups excluding carboxylic acids is 2. The summed E-state index contributed by atoms with van der Waals surface area (Å²) in [6, 6.07) is 5.46. The van der Waals surface area contributed by atoms with Crippen LogP contribution in [-0.4, -0.2) is 45.8 Å². The summed E-state index contributed by atoms with van der Waals surface area (Å²) in [5.41, 5.74) is 1.04. The summed E-state index contributed by atoms with van der Waals surface area (Å²) in [4.78, 5) is 25.1. The second kappa shape index (κ2) is 10.0. The summed E-state index contributed by atoms with van der Waals surface area (Å²) < 4.78 is 10.8.